The number of aldehydes is 1. The van der Waals surface area contributed by atoms with E-state index < -0.39 is 0 Å². The van der Waals surface area contributed by atoms with Gasteiger partial charge in [0.2, 0.25) is 0 Å². The third-order valence-electron chi connectivity index (χ3n) is 2.86. The lowest BCUT2D eigenvalue weighted by Gasteiger charge is -2.07. The van der Waals surface area contributed by atoms with Gasteiger partial charge in [0.05, 0.1) is 0 Å². The third-order valence-corrected chi connectivity index (χ3v) is 2.86. The van der Waals surface area contributed by atoms with E-state index in [2.05, 4.69) is 20.6 Å². The number of nitrogens with one attached hydrogen (secondary N) is 1. The number of hydrogen-bond acceptors (Lipinski definition) is 4. The first kappa shape index (κ1) is 11.3. The highest BCUT2D eigenvalue weighted by Gasteiger charge is 2.11. The Kier molecular flexibility index (Phi) is 2.86. The molecule has 0 atom stereocenters. The van der Waals surface area contributed by atoms with E-state index in [1.807, 2.05) is 36.4 Å². The maximum Gasteiger partial charge on any atom is 0.180 e. The molecule has 5 nitrogen and oxygen atoms in total. The monoisotopic (exact) mass is 250 g/mol. The Balaban J connectivity index is 2.22. The van der Waals surface area contributed by atoms with Gasteiger partial charge in [-0.2, -0.15) is 0 Å². The van der Waals surface area contributed by atoms with Crippen LogP contribution in [0.4, 0.5) is 0 Å². The van der Waals surface area contributed by atoms with Crippen LogP contribution in [-0.4, -0.2) is 26.9 Å². The molecule has 1 heterocycles. The van der Waals surface area contributed by atoms with Gasteiger partial charge in [0.25, 0.3) is 0 Å². The fraction of sp³-hybridized carbons (Fsp3) is 0. The molecular weight excluding hydrogens is 240 g/mol. The van der Waals surface area contributed by atoms with Crippen LogP contribution in [0.3, 0.4) is 0 Å². The molecule has 3 aromatic rings. The summed E-state index contributed by atoms with van der Waals surface area (Å²) in [7, 11) is 0. The third kappa shape index (κ3) is 2.13. The summed E-state index contributed by atoms with van der Waals surface area (Å²) in [6.07, 6.45) is 0.808. The Bertz CT molecular complexity index is 693. The molecule has 0 radical (unpaired) electrons. The zero-order valence-corrected chi connectivity index (χ0v) is 9.95. The highest BCUT2D eigenvalue weighted by atomic mass is 16.1. The first-order valence-corrected chi connectivity index (χ1v) is 5.77. The quantitative estimate of drug-likeness (QED) is 0.724. The Labute approximate surface area is 109 Å². The summed E-state index contributed by atoms with van der Waals surface area (Å²) >= 11 is 0. The number of benzene rings is 2. The lowest BCUT2D eigenvalue weighted by Crippen LogP contribution is -1.90. The SMILES string of the molecule is O=Cc1ccc(-c2ccccc2)c(-c2nnn[nH]2)c1. The van der Waals surface area contributed by atoms with Gasteiger partial charge in [-0.25, -0.2) is 5.10 Å². The van der Waals surface area contributed by atoms with Crippen molar-refractivity contribution in [1.82, 2.24) is 20.6 Å². The minimum absolute atomic E-state index is 0.544. The predicted octanol–water partition coefficient (Wildman–Crippen LogP) is 2.35. The number of H-pyrrole nitrogens is 1. The van der Waals surface area contributed by atoms with Crippen molar-refractivity contribution < 1.29 is 4.79 Å². The van der Waals surface area contributed by atoms with Crippen molar-refractivity contribution in [2.45, 2.75) is 0 Å². The van der Waals surface area contributed by atoms with Crippen LogP contribution in [-0.2, 0) is 0 Å². The second-order valence-electron chi connectivity index (χ2n) is 4.04. The summed E-state index contributed by atoms with van der Waals surface area (Å²) in [5.74, 6) is 0.544. The molecule has 0 saturated heterocycles. The molecule has 0 amide bonds. The fourth-order valence-corrected chi connectivity index (χ4v) is 1.97. The molecule has 19 heavy (non-hydrogen) atoms. The van der Waals surface area contributed by atoms with Gasteiger partial charge >= 0.3 is 0 Å². The Hall–Kier alpha value is -2.82. The van der Waals surface area contributed by atoms with E-state index in [0.29, 0.717) is 11.4 Å². The molecule has 0 saturated carbocycles. The number of aromatic amines is 1. The summed E-state index contributed by atoms with van der Waals surface area (Å²) < 4.78 is 0. The summed E-state index contributed by atoms with van der Waals surface area (Å²) in [5.41, 5.74) is 3.42. The molecule has 0 aliphatic heterocycles. The maximum absolute atomic E-state index is 10.9. The number of carbonyl (C=O) groups is 1. The number of hydrogen-bond donors (Lipinski definition) is 1. The van der Waals surface area contributed by atoms with Gasteiger partial charge in [0.1, 0.15) is 6.29 Å². The highest BCUT2D eigenvalue weighted by Crippen LogP contribution is 2.30. The number of nitrogens with zero attached hydrogens (tertiary/aromatic N) is 3. The van der Waals surface area contributed by atoms with Crippen molar-refractivity contribution in [3.05, 3.63) is 54.1 Å². The zero-order chi connectivity index (χ0) is 13.1. The van der Waals surface area contributed by atoms with Crippen LogP contribution in [0.2, 0.25) is 0 Å². The highest BCUT2D eigenvalue weighted by molar-refractivity contribution is 5.86. The first-order valence-electron chi connectivity index (χ1n) is 5.77. The molecule has 0 unspecified atom stereocenters. The maximum atomic E-state index is 10.9. The lowest BCUT2D eigenvalue weighted by atomic mass is 9.97. The second-order valence-corrected chi connectivity index (χ2v) is 4.04. The molecule has 92 valence electrons. The molecule has 1 N–H and O–H groups in total. The van der Waals surface area contributed by atoms with Crippen LogP contribution in [0.15, 0.2) is 48.5 Å². The van der Waals surface area contributed by atoms with Gasteiger partial charge < -0.3 is 0 Å². The smallest absolute Gasteiger partial charge is 0.180 e. The molecule has 5 heteroatoms. The molecule has 1 aromatic heterocycles. The van der Waals surface area contributed by atoms with Crippen molar-refractivity contribution in [3.8, 4) is 22.5 Å². The molecule has 0 spiro atoms. The fourth-order valence-electron chi connectivity index (χ4n) is 1.97. The standard InChI is InChI=1S/C14H10N4O/c19-9-10-6-7-12(11-4-2-1-3-5-11)13(8-10)14-15-17-18-16-14/h1-9H,(H,15,16,17,18). The van der Waals surface area contributed by atoms with E-state index in [9.17, 15) is 4.79 Å². The number of tetrazole rings is 1. The number of carbonyl (C=O) groups excluding carboxylic acids is 1. The Morgan fingerprint density at radius 2 is 1.84 bits per heavy atom. The van der Waals surface area contributed by atoms with Crippen molar-refractivity contribution >= 4 is 6.29 Å². The van der Waals surface area contributed by atoms with E-state index in [1.165, 1.54) is 0 Å². The molecule has 2 aromatic carbocycles. The van der Waals surface area contributed by atoms with Crippen molar-refractivity contribution in [2.75, 3.05) is 0 Å². The average molecular weight is 250 g/mol. The van der Waals surface area contributed by atoms with Crippen LogP contribution in [0.25, 0.3) is 22.5 Å². The molecule has 0 fully saturated rings. The van der Waals surface area contributed by atoms with Crippen LogP contribution < -0.4 is 0 Å². The number of rotatable bonds is 3. The lowest BCUT2D eigenvalue weighted by molar-refractivity contribution is 0.112. The second kappa shape index (κ2) is 4.81. The van der Waals surface area contributed by atoms with E-state index in [1.54, 1.807) is 12.1 Å². The van der Waals surface area contributed by atoms with Crippen LogP contribution in [0, 0.1) is 0 Å². The average Bonchev–Trinajstić information content (AvgIpc) is 3.01. The summed E-state index contributed by atoms with van der Waals surface area (Å²) in [6, 6.07) is 15.3. The number of aromatic nitrogens is 4. The minimum Gasteiger partial charge on any atom is -0.298 e. The molecule has 0 bridgehead atoms. The van der Waals surface area contributed by atoms with Gasteiger partial charge in [-0.05, 0) is 27.6 Å². The first-order chi connectivity index (χ1) is 9.38. The van der Waals surface area contributed by atoms with Crippen molar-refractivity contribution in [1.29, 1.82) is 0 Å². The predicted molar refractivity (Wildman–Crippen MR) is 70.4 cm³/mol. The van der Waals surface area contributed by atoms with Gasteiger partial charge in [-0.3, -0.25) is 4.79 Å². The van der Waals surface area contributed by atoms with Crippen LogP contribution >= 0.6 is 0 Å². The Morgan fingerprint density at radius 1 is 1.00 bits per heavy atom. The van der Waals surface area contributed by atoms with E-state index in [-0.39, 0.29) is 0 Å². The van der Waals surface area contributed by atoms with Gasteiger partial charge in [0, 0.05) is 11.1 Å². The van der Waals surface area contributed by atoms with Gasteiger partial charge in [-0.15, -0.1) is 5.10 Å². The van der Waals surface area contributed by atoms with E-state index >= 15 is 0 Å². The Morgan fingerprint density at radius 3 is 2.53 bits per heavy atom. The largest absolute Gasteiger partial charge is 0.298 e. The molecule has 3 rings (SSSR count). The van der Waals surface area contributed by atoms with E-state index in [0.717, 1.165) is 23.0 Å². The summed E-state index contributed by atoms with van der Waals surface area (Å²) in [5, 5.41) is 13.8. The normalized spacial score (nSPS) is 10.3. The summed E-state index contributed by atoms with van der Waals surface area (Å²) in [6.45, 7) is 0. The summed E-state index contributed by atoms with van der Waals surface area (Å²) in [4.78, 5) is 10.9. The van der Waals surface area contributed by atoms with Crippen molar-refractivity contribution in [2.24, 2.45) is 0 Å². The molecule has 0 aliphatic rings. The topological polar surface area (TPSA) is 71.5 Å². The molecule has 0 aliphatic carbocycles. The zero-order valence-electron chi connectivity index (χ0n) is 9.95. The van der Waals surface area contributed by atoms with Gasteiger partial charge in [-0.1, -0.05) is 42.5 Å². The van der Waals surface area contributed by atoms with E-state index in [4.69, 9.17) is 0 Å². The van der Waals surface area contributed by atoms with Crippen LogP contribution in [0.5, 0.6) is 0 Å². The minimum atomic E-state index is 0.544. The van der Waals surface area contributed by atoms with Crippen molar-refractivity contribution in [3.63, 3.8) is 0 Å². The van der Waals surface area contributed by atoms with Gasteiger partial charge in [0.15, 0.2) is 5.82 Å². The van der Waals surface area contributed by atoms with Crippen LogP contribution in [0.1, 0.15) is 10.4 Å². The molecular formula is C14H10N4O.